The second kappa shape index (κ2) is 13.7. The van der Waals surface area contributed by atoms with Gasteiger partial charge in [-0.15, -0.1) is 0 Å². The zero-order valence-corrected chi connectivity index (χ0v) is 22.9. The van der Waals surface area contributed by atoms with E-state index in [9.17, 15) is 10.1 Å². The molecule has 212 valence electrons. The number of carbonyl (C=O) groups is 1. The largest absolute Gasteiger partial charge is 0.490 e. The molecule has 0 unspecified atom stereocenters. The van der Waals surface area contributed by atoms with Crippen LogP contribution in [0.4, 0.5) is 16.2 Å². The van der Waals surface area contributed by atoms with Gasteiger partial charge < -0.3 is 39.0 Å². The number of rotatable bonds is 12. The number of nitrogens with zero attached hydrogens (tertiary/aromatic N) is 3. The van der Waals surface area contributed by atoms with Gasteiger partial charge in [-0.1, -0.05) is 0 Å². The van der Waals surface area contributed by atoms with E-state index in [0.29, 0.717) is 86.0 Å². The van der Waals surface area contributed by atoms with Crippen molar-refractivity contribution in [1.82, 2.24) is 9.88 Å². The van der Waals surface area contributed by atoms with Crippen LogP contribution in [0.15, 0.2) is 36.5 Å². The van der Waals surface area contributed by atoms with Gasteiger partial charge in [0.2, 0.25) is 0 Å². The summed E-state index contributed by atoms with van der Waals surface area (Å²) in [6, 6.07) is 11.6. The van der Waals surface area contributed by atoms with Gasteiger partial charge in [0, 0.05) is 63.5 Å². The Morgan fingerprint density at radius 3 is 2.33 bits per heavy atom. The zero-order chi connectivity index (χ0) is 28.5. The molecule has 0 aliphatic carbocycles. The molecular formula is C29H34N4O7. The number of carboxylic acid groups (broad SMARTS) is 1. The lowest BCUT2D eigenvalue weighted by Crippen LogP contribution is -2.41. The molecule has 11 nitrogen and oxygen atoms in total. The molecule has 1 fully saturated rings. The summed E-state index contributed by atoms with van der Waals surface area (Å²) in [5, 5.41) is 23.1. The Hall–Kier alpha value is -4.27. The number of piperidine rings is 1. The van der Waals surface area contributed by atoms with Gasteiger partial charge in [-0.05, 0) is 36.8 Å². The second-order valence-corrected chi connectivity index (χ2v) is 9.35. The minimum absolute atomic E-state index is 0.0423. The summed E-state index contributed by atoms with van der Waals surface area (Å²) in [7, 11) is 3.21. The van der Waals surface area contributed by atoms with Crippen molar-refractivity contribution in [2.24, 2.45) is 0 Å². The molecule has 2 heterocycles. The maximum absolute atomic E-state index is 11.2. The highest BCUT2D eigenvalue weighted by molar-refractivity contribution is 5.97. The predicted molar refractivity (Wildman–Crippen MR) is 149 cm³/mol. The van der Waals surface area contributed by atoms with Gasteiger partial charge in [0.15, 0.2) is 11.5 Å². The number of pyridine rings is 1. The molecule has 0 spiro atoms. The van der Waals surface area contributed by atoms with Crippen molar-refractivity contribution >= 4 is 28.4 Å². The molecule has 2 N–H and O–H groups in total. The Labute approximate surface area is 233 Å². The maximum Gasteiger partial charge on any atom is 0.407 e. The SMILES string of the molecule is COCCOc1cc2ncc(C#N)c(Nc3ccc(OC4CCN(C(=O)O)CC4)c(C)c3)c2cc1OCCOC. The number of hydrogen-bond donors (Lipinski definition) is 2. The van der Waals surface area contributed by atoms with Crippen LogP contribution in [0, 0.1) is 18.3 Å². The van der Waals surface area contributed by atoms with Gasteiger partial charge in [-0.2, -0.15) is 5.26 Å². The summed E-state index contributed by atoms with van der Waals surface area (Å²) in [6.07, 6.45) is 1.88. The van der Waals surface area contributed by atoms with Crippen molar-refractivity contribution in [3.05, 3.63) is 47.7 Å². The number of ether oxygens (including phenoxy) is 5. The van der Waals surface area contributed by atoms with Crippen LogP contribution in [-0.2, 0) is 9.47 Å². The van der Waals surface area contributed by atoms with E-state index in [4.69, 9.17) is 28.8 Å². The molecule has 1 aromatic heterocycles. The molecule has 2 aromatic carbocycles. The number of aryl methyl sites for hydroxylation is 1. The van der Waals surface area contributed by atoms with Gasteiger partial charge in [0.25, 0.3) is 0 Å². The van der Waals surface area contributed by atoms with Gasteiger partial charge in [-0.3, -0.25) is 4.98 Å². The number of likely N-dealkylation sites (tertiary alicyclic amines) is 1. The summed E-state index contributed by atoms with van der Waals surface area (Å²) >= 11 is 0. The second-order valence-electron chi connectivity index (χ2n) is 9.35. The summed E-state index contributed by atoms with van der Waals surface area (Å²) in [5.41, 5.74) is 3.31. The van der Waals surface area contributed by atoms with Crippen LogP contribution >= 0.6 is 0 Å². The number of anilines is 2. The van der Waals surface area contributed by atoms with E-state index in [-0.39, 0.29) is 6.10 Å². The molecule has 1 aliphatic heterocycles. The lowest BCUT2D eigenvalue weighted by molar-refractivity contribution is 0.0891. The highest BCUT2D eigenvalue weighted by Crippen LogP contribution is 2.38. The van der Waals surface area contributed by atoms with E-state index >= 15 is 0 Å². The Kier molecular flexibility index (Phi) is 9.83. The zero-order valence-electron chi connectivity index (χ0n) is 22.9. The van der Waals surface area contributed by atoms with Crippen LogP contribution in [0.25, 0.3) is 10.9 Å². The molecule has 0 bridgehead atoms. The quantitative estimate of drug-likeness (QED) is 0.305. The van der Waals surface area contributed by atoms with E-state index in [1.54, 1.807) is 20.3 Å². The van der Waals surface area contributed by atoms with Gasteiger partial charge in [-0.25, -0.2) is 4.79 Å². The molecule has 0 radical (unpaired) electrons. The number of methoxy groups -OCH3 is 2. The fourth-order valence-electron chi connectivity index (χ4n) is 4.46. The fraction of sp³-hybridized carbons (Fsp3) is 0.414. The number of hydrogen-bond acceptors (Lipinski definition) is 9. The van der Waals surface area contributed by atoms with Crippen molar-refractivity contribution in [2.75, 3.05) is 59.1 Å². The Bertz CT molecular complexity index is 1370. The predicted octanol–water partition coefficient (Wildman–Crippen LogP) is 4.73. The van der Waals surface area contributed by atoms with Gasteiger partial charge in [0.1, 0.15) is 31.1 Å². The van der Waals surface area contributed by atoms with Crippen LogP contribution < -0.4 is 19.5 Å². The Morgan fingerprint density at radius 2 is 1.73 bits per heavy atom. The van der Waals surface area contributed by atoms with E-state index in [1.807, 2.05) is 31.2 Å². The average Bonchev–Trinajstić information content (AvgIpc) is 2.95. The smallest absolute Gasteiger partial charge is 0.407 e. The lowest BCUT2D eigenvalue weighted by atomic mass is 10.1. The maximum atomic E-state index is 11.2. The van der Waals surface area contributed by atoms with E-state index in [1.165, 1.54) is 11.1 Å². The molecule has 1 saturated heterocycles. The van der Waals surface area contributed by atoms with Crippen molar-refractivity contribution in [1.29, 1.82) is 5.26 Å². The van der Waals surface area contributed by atoms with Crippen LogP contribution in [0.3, 0.4) is 0 Å². The molecule has 40 heavy (non-hydrogen) atoms. The van der Waals surface area contributed by atoms with Crippen molar-refractivity contribution < 1.29 is 33.6 Å². The topological polar surface area (TPSA) is 135 Å². The third-order valence-electron chi connectivity index (χ3n) is 6.59. The number of amides is 1. The summed E-state index contributed by atoms with van der Waals surface area (Å²) < 4.78 is 28.2. The van der Waals surface area contributed by atoms with Crippen molar-refractivity contribution in [2.45, 2.75) is 25.9 Å². The lowest BCUT2D eigenvalue weighted by Gasteiger charge is -2.30. The normalized spacial score (nSPS) is 13.6. The molecule has 3 aromatic rings. The molecule has 1 amide bonds. The highest BCUT2D eigenvalue weighted by atomic mass is 16.5. The first kappa shape index (κ1) is 28.7. The van der Waals surface area contributed by atoms with E-state index in [0.717, 1.165) is 17.0 Å². The first-order valence-corrected chi connectivity index (χ1v) is 13.1. The number of benzene rings is 2. The first-order valence-electron chi connectivity index (χ1n) is 13.1. The molecular weight excluding hydrogens is 516 g/mol. The van der Waals surface area contributed by atoms with Crippen molar-refractivity contribution in [3.63, 3.8) is 0 Å². The third-order valence-corrected chi connectivity index (χ3v) is 6.59. The summed E-state index contributed by atoms with van der Waals surface area (Å²) in [4.78, 5) is 17.1. The summed E-state index contributed by atoms with van der Waals surface area (Å²) in [5.74, 6) is 1.77. The molecule has 11 heteroatoms. The average molecular weight is 551 g/mol. The minimum atomic E-state index is -0.895. The Morgan fingerprint density at radius 1 is 1.05 bits per heavy atom. The Balaban J connectivity index is 1.59. The van der Waals surface area contributed by atoms with Gasteiger partial charge in [0.05, 0.1) is 30.0 Å². The monoisotopic (exact) mass is 550 g/mol. The standard InChI is InChI=1S/C29H34N4O7/c1-19-14-21(4-5-25(19)40-22-6-8-33(9-7-22)29(34)35)32-28-20(17-30)18-31-24-16-27(39-13-11-37-3)26(15-23(24)28)38-12-10-36-2/h4-5,14-16,18,22H,6-13H2,1-3H3,(H,31,32)(H,34,35). The van der Waals surface area contributed by atoms with Crippen LogP contribution in [0.2, 0.25) is 0 Å². The van der Waals surface area contributed by atoms with Crippen LogP contribution in [-0.4, -0.2) is 80.9 Å². The molecule has 4 rings (SSSR count). The number of aromatic nitrogens is 1. The van der Waals surface area contributed by atoms with E-state index in [2.05, 4.69) is 16.4 Å². The summed E-state index contributed by atoms with van der Waals surface area (Å²) in [6.45, 7) is 4.37. The number of fused-ring (bicyclic) bond motifs is 1. The number of nitriles is 1. The third kappa shape index (κ3) is 7.02. The van der Waals surface area contributed by atoms with Crippen LogP contribution in [0.5, 0.6) is 17.2 Å². The number of nitrogens with one attached hydrogen (secondary N) is 1. The molecule has 1 aliphatic rings. The minimum Gasteiger partial charge on any atom is -0.490 e. The van der Waals surface area contributed by atoms with E-state index < -0.39 is 6.09 Å². The van der Waals surface area contributed by atoms with Gasteiger partial charge >= 0.3 is 6.09 Å². The molecule has 0 saturated carbocycles. The van der Waals surface area contributed by atoms with Crippen LogP contribution in [0.1, 0.15) is 24.0 Å². The fourth-order valence-corrected chi connectivity index (χ4v) is 4.46. The first-order chi connectivity index (χ1) is 19.4. The highest BCUT2D eigenvalue weighted by Gasteiger charge is 2.24. The van der Waals surface area contributed by atoms with Crippen molar-refractivity contribution in [3.8, 4) is 23.3 Å². The molecule has 0 atom stereocenters.